The van der Waals surface area contributed by atoms with E-state index in [2.05, 4.69) is 10.00 Å². The van der Waals surface area contributed by atoms with Gasteiger partial charge in [0.1, 0.15) is 18.5 Å². The molecule has 0 bridgehead atoms. The van der Waals surface area contributed by atoms with Crippen LogP contribution >= 0.6 is 23.6 Å². The van der Waals surface area contributed by atoms with Gasteiger partial charge in [-0.05, 0) is 43.3 Å². The van der Waals surface area contributed by atoms with Crippen LogP contribution < -0.4 is 9.64 Å². The highest BCUT2D eigenvalue weighted by Gasteiger charge is 2.17. The fraction of sp³-hybridized carbons (Fsp3) is 0.529. The summed E-state index contributed by atoms with van der Waals surface area (Å²) in [5.74, 6) is 0.801. The Morgan fingerprint density at radius 2 is 2.12 bits per heavy atom. The molecule has 1 saturated heterocycles. The average molecular weight is 382 g/mol. The van der Waals surface area contributed by atoms with Crippen molar-refractivity contribution in [3.8, 4) is 5.75 Å². The Labute approximate surface area is 156 Å². The molecule has 0 saturated carbocycles. The summed E-state index contributed by atoms with van der Waals surface area (Å²) < 4.78 is 13.5. The second-order valence-corrected chi connectivity index (χ2v) is 7.77. The van der Waals surface area contributed by atoms with E-state index in [1.807, 2.05) is 32.0 Å². The van der Waals surface area contributed by atoms with Crippen LogP contribution in [0.5, 0.6) is 5.75 Å². The summed E-state index contributed by atoms with van der Waals surface area (Å²) in [7, 11) is 0. The van der Waals surface area contributed by atoms with Crippen molar-refractivity contribution in [3.05, 3.63) is 33.3 Å². The largest absolute Gasteiger partial charge is 0.491 e. The van der Waals surface area contributed by atoms with Crippen molar-refractivity contribution in [3.63, 3.8) is 0 Å². The van der Waals surface area contributed by atoms with E-state index in [-0.39, 0.29) is 6.61 Å². The highest BCUT2D eigenvalue weighted by molar-refractivity contribution is 7.73. The number of aliphatic hydroxyl groups is 1. The van der Waals surface area contributed by atoms with Gasteiger partial charge < -0.3 is 19.5 Å². The lowest BCUT2D eigenvalue weighted by Crippen LogP contribution is -2.36. The third-order valence-corrected chi connectivity index (χ3v) is 5.40. The number of hydrogen-bond acceptors (Lipinski definition) is 7. The van der Waals surface area contributed by atoms with Crippen molar-refractivity contribution in [1.29, 1.82) is 0 Å². The summed E-state index contributed by atoms with van der Waals surface area (Å²) in [6.07, 6.45) is -0.675. The molecule has 6 nitrogen and oxygen atoms in total. The number of aryl methyl sites for hydroxylation is 2. The zero-order chi connectivity index (χ0) is 17.8. The summed E-state index contributed by atoms with van der Waals surface area (Å²) in [6, 6.07) is 6.04. The molecule has 2 aromatic rings. The monoisotopic (exact) mass is 381 g/mol. The topological polar surface area (TPSA) is 59.8 Å². The molecule has 1 aromatic heterocycles. The van der Waals surface area contributed by atoms with Crippen molar-refractivity contribution in [1.82, 2.24) is 9.78 Å². The number of rotatable bonds is 6. The summed E-state index contributed by atoms with van der Waals surface area (Å²) in [6.45, 7) is 7.59. The molecule has 1 atom stereocenters. The number of morpholine rings is 1. The van der Waals surface area contributed by atoms with Crippen LogP contribution in [-0.2, 0) is 11.3 Å². The molecule has 0 aliphatic carbocycles. The molecule has 0 unspecified atom stereocenters. The van der Waals surface area contributed by atoms with Gasteiger partial charge >= 0.3 is 0 Å². The molecule has 1 aliphatic rings. The van der Waals surface area contributed by atoms with E-state index in [9.17, 15) is 5.11 Å². The molecule has 136 valence electrons. The van der Waals surface area contributed by atoms with Gasteiger partial charge in [-0.15, -0.1) is 5.10 Å². The lowest BCUT2D eigenvalue weighted by Gasteiger charge is -2.25. The first-order chi connectivity index (χ1) is 12.0. The van der Waals surface area contributed by atoms with E-state index in [0.717, 1.165) is 35.1 Å². The maximum atomic E-state index is 10.3. The minimum absolute atomic E-state index is 0.205. The van der Waals surface area contributed by atoms with Crippen LogP contribution in [0.3, 0.4) is 0 Å². The van der Waals surface area contributed by atoms with Crippen LogP contribution in [0, 0.1) is 17.8 Å². The zero-order valence-electron chi connectivity index (χ0n) is 14.5. The van der Waals surface area contributed by atoms with Crippen LogP contribution in [0.25, 0.3) is 0 Å². The van der Waals surface area contributed by atoms with Crippen molar-refractivity contribution in [2.75, 3.05) is 37.8 Å². The highest BCUT2D eigenvalue weighted by atomic mass is 32.1. The van der Waals surface area contributed by atoms with Crippen molar-refractivity contribution in [2.45, 2.75) is 26.5 Å². The molecule has 2 heterocycles. The van der Waals surface area contributed by atoms with Crippen LogP contribution in [0.4, 0.5) is 5.13 Å². The van der Waals surface area contributed by atoms with Gasteiger partial charge in [-0.2, -0.15) is 0 Å². The van der Waals surface area contributed by atoms with Gasteiger partial charge in [-0.1, -0.05) is 23.5 Å². The molecule has 8 heteroatoms. The highest BCUT2D eigenvalue weighted by Crippen LogP contribution is 2.22. The number of aromatic nitrogens is 2. The van der Waals surface area contributed by atoms with Crippen LogP contribution in [0.1, 0.15) is 11.1 Å². The Kier molecular flexibility index (Phi) is 6.06. The van der Waals surface area contributed by atoms with Gasteiger partial charge in [0.2, 0.25) is 5.13 Å². The Bertz CT molecular complexity index is 769. The SMILES string of the molecule is Cc1ccc(C)c(OC[C@H](O)Cn2nc(N3CCOCC3)sc2=S)c1. The van der Waals surface area contributed by atoms with Gasteiger partial charge in [0, 0.05) is 13.1 Å². The molecule has 1 fully saturated rings. The normalized spacial score (nSPS) is 16.0. The summed E-state index contributed by atoms with van der Waals surface area (Å²) in [5.41, 5.74) is 2.18. The van der Waals surface area contributed by atoms with Gasteiger partial charge in [0.15, 0.2) is 3.95 Å². The van der Waals surface area contributed by atoms with Crippen LogP contribution in [0.15, 0.2) is 18.2 Å². The number of anilines is 1. The maximum absolute atomic E-state index is 10.3. The van der Waals surface area contributed by atoms with Crippen molar-refractivity contribution < 1.29 is 14.6 Å². The second-order valence-electron chi connectivity index (χ2n) is 6.17. The molecule has 0 radical (unpaired) electrons. The number of nitrogens with zero attached hydrogens (tertiary/aromatic N) is 3. The Morgan fingerprint density at radius 3 is 2.88 bits per heavy atom. The quantitative estimate of drug-likeness (QED) is 0.776. The molecular weight excluding hydrogens is 358 g/mol. The Hall–Kier alpha value is -1.48. The van der Waals surface area contributed by atoms with Gasteiger partial charge in [-0.3, -0.25) is 0 Å². The predicted molar refractivity (Wildman–Crippen MR) is 101 cm³/mol. The summed E-state index contributed by atoms with van der Waals surface area (Å²) >= 11 is 6.85. The molecule has 0 amide bonds. The van der Waals surface area contributed by atoms with Crippen LogP contribution in [0.2, 0.25) is 0 Å². The first-order valence-corrected chi connectivity index (χ1v) is 9.54. The zero-order valence-corrected chi connectivity index (χ0v) is 16.1. The van der Waals surface area contributed by atoms with Crippen LogP contribution in [-0.4, -0.2) is 53.9 Å². The maximum Gasteiger partial charge on any atom is 0.207 e. The van der Waals surface area contributed by atoms with E-state index in [1.165, 1.54) is 11.3 Å². The smallest absolute Gasteiger partial charge is 0.207 e. The van der Waals surface area contributed by atoms with E-state index in [0.29, 0.717) is 23.7 Å². The molecule has 1 aliphatic heterocycles. The molecule has 25 heavy (non-hydrogen) atoms. The second kappa shape index (κ2) is 8.27. The average Bonchev–Trinajstić information content (AvgIpc) is 2.97. The molecular formula is C17H23N3O3S2. The standard InChI is InChI=1S/C17H23N3O3S2/c1-12-3-4-13(2)15(9-12)23-11-14(21)10-20-17(24)25-16(18-20)19-5-7-22-8-6-19/h3-4,9,14,21H,5-8,10-11H2,1-2H3/t14-/m1/s1. The fourth-order valence-electron chi connectivity index (χ4n) is 2.59. The van der Waals surface area contributed by atoms with Gasteiger partial charge in [0.05, 0.1) is 19.8 Å². The number of ether oxygens (including phenoxy) is 2. The first kappa shape index (κ1) is 18.3. The minimum Gasteiger partial charge on any atom is -0.491 e. The minimum atomic E-state index is -0.675. The predicted octanol–water partition coefficient (Wildman–Crippen LogP) is 2.57. The molecule has 3 rings (SSSR count). The van der Waals surface area contributed by atoms with Gasteiger partial charge in [0.25, 0.3) is 0 Å². The van der Waals surface area contributed by atoms with Crippen molar-refractivity contribution in [2.24, 2.45) is 0 Å². The number of aliphatic hydroxyl groups excluding tert-OH is 1. The van der Waals surface area contributed by atoms with E-state index in [1.54, 1.807) is 4.68 Å². The number of hydrogen-bond donors (Lipinski definition) is 1. The summed E-state index contributed by atoms with van der Waals surface area (Å²) in [4.78, 5) is 2.17. The van der Waals surface area contributed by atoms with E-state index < -0.39 is 6.10 Å². The Balaban J connectivity index is 1.59. The Morgan fingerprint density at radius 1 is 1.36 bits per heavy atom. The molecule has 1 N–H and O–H groups in total. The van der Waals surface area contributed by atoms with Crippen molar-refractivity contribution >= 4 is 28.7 Å². The lowest BCUT2D eigenvalue weighted by molar-refractivity contribution is 0.0886. The van der Waals surface area contributed by atoms with E-state index >= 15 is 0 Å². The fourth-order valence-corrected chi connectivity index (χ4v) is 3.76. The summed E-state index contributed by atoms with van der Waals surface area (Å²) in [5, 5.41) is 15.7. The van der Waals surface area contributed by atoms with E-state index in [4.69, 9.17) is 21.7 Å². The first-order valence-electron chi connectivity index (χ1n) is 8.31. The lowest BCUT2D eigenvalue weighted by atomic mass is 10.1. The number of benzene rings is 1. The third-order valence-electron chi connectivity index (χ3n) is 4.04. The van der Waals surface area contributed by atoms with Gasteiger partial charge in [-0.25, -0.2) is 4.68 Å². The molecule has 0 spiro atoms. The molecule has 1 aromatic carbocycles. The third kappa shape index (κ3) is 4.78.